The second-order valence-electron chi connectivity index (χ2n) is 7.18. The Balaban J connectivity index is 1.73. The van der Waals surface area contributed by atoms with E-state index in [0.29, 0.717) is 38.9 Å². The summed E-state index contributed by atoms with van der Waals surface area (Å²) in [5.74, 6) is 6.10. The summed E-state index contributed by atoms with van der Waals surface area (Å²) in [5, 5.41) is 1.25. The molecule has 6 heteroatoms. The summed E-state index contributed by atoms with van der Waals surface area (Å²) >= 11 is 0. The molecule has 0 aromatic heterocycles. The van der Waals surface area contributed by atoms with Crippen molar-refractivity contribution in [3.8, 4) is 17.6 Å². The summed E-state index contributed by atoms with van der Waals surface area (Å²) < 4.78 is 48.4. The number of rotatable bonds is 4. The Labute approximate surface area is 186 Å². The van der Waals surface area contributed by atoms with Gasteiger partial charge in [0, 0.05) is 21.9 Å². The van der Waals surface area contributed by atoms with Crippen LogP contribution in [0.2, 0.25) is 0 Å². The van der Waals surface area contributed by atoms with E-state index in [1.165, 1.54) is 12.1 Å². The number of halogens is 1. The van der Waals surface area contributed by atoms with Gasteiger partial charge < -0.3 is 4.74 Å². The van der Waals surface area contributed by atoms with Gasteiger partial charge in [0.15, 0.2) is 0 Å². The molecule has 0 heterocycles. The lowest BCUT2D eigenvalue weighted by atomic mass is 10.1. The van der Waals surface area contributed by atoms with Crippen LogP contribution in [0, 0.1) is 24.6 Å². The Bertz CT molecular complexity index is 1480. The van der Waals surface area contributed by atoms with E-state index in [9.17, 15) is 12.8 Å². The Hall–Kier alpha value is -3.82. The minimum atomic E-state index is -3.92. The molecule has 32 heavy (non-hydrogen) atoms. The summed E-state index contributed by atoms with van der Waals surface area (Å²) in [6.45, 7) is 1.68. The molecule has 1 N–H and O–H groups in total. The fraction of sp³-hybridized carbons (Fsp3) is 0.0769. The third-order valence-corrected chi connectivity index (χ3v) is 6.46. The summed E-state index contributed by atoms with van der Waals surface area (Å²) in [7, 11) is -2.37. The van der Waals surface area contributed by atoms with Crippen molar-refractivity contribution in [3.05, 3.63) is 101 Å². The Morgan fingerprint density at radius 3 is 2.34 bits per heavy atom. The van der Waals surface area contributed by atoms with Crippen LogP contribution in [0.4, 0.5) is 10.1 Å². The van der Waals surface area contributed by atoms with Crippen molar-refractivity contribution >= 4 is 26.5 Å². The largest absolute Gasteiger partial charge is 0.496 e. The van der Waals surface area contributed by atoms with Crippen LogP contribution in [0.5, 0.6) is 5.75 Å². The zero-order chi connectivity index (χ0) is 22.7. The van der Waals surface area contributed by atoms with Crippen LogP contribution in [-0.2, 0) is 10.0 Å². The summed E-state index contributed by atoms with van der Waals surface area (Å²) in [6, 6.07) is 21.9. The van der Waals surface area contributed by atoms with Crippen molar-refractivity contribution in [1.29, 1.82) is 0 Å². The van der Waals surface area contributed by atoms with E-state index in [2.05, 4.69) is 16.6 Å². The molecule has 0 bridgehead atoms. The highest BCUT2D eigenvalue weighted by Gasteiger charge is 2.20. The molecule has 0 spiro atoms. The van der Waals surface area contributed by atoms with E-state index in [-0.39, 0.29) is 10.7 Å². The molecular weight excluding hydrogens is 425 g/mol. The topological polar surface area (TPSA) is 55.4 Å². The van der Waals surface area contributed by atoms with Gasteiger partial charge in [-0.05, 0) is 48.9 Å². The number of nitrogens with one attached hydrogen (secondary N) is 1. The molecule has 0 radical (unpaired) electrons. The van der Waals surface area contributed by atoms with Gasteiger partial charge >= 0.3 is 0 Å². The fourth-order valence-corrected chi connectivity index (χ4v) is 4.64. The minimum absolute atomic E-state index is 0.136. The first kappa shape index (κ1) is 21.4. The van der Waals surface area contributed by atoms with Crippen molar-refractivity contribution < 1.29 is 17.5 Å². The van der Waals surface area contributed by atoms with Gasteiger partial charge in [0.25, 0.3) is 10.0 Å². The van der Waals surface area contributed by atoms with Crippen LogP contribution in [-0.4, -0.2) is 15.5 Å². The molecule has 0 saturated heterocycles. The zero-order valence-corrected chi connectivity index (χ0v) is 18.3. The van der Waals surface area contributed by atoms with Crippen LogP contribution in [0.25, 0.3) is 10.8 Å². The van der Waals surface area contributed by atoms with Gasteiger partial charge in [0.05, 0.1) is 17.7 Å². The fourth-order valence-electron chi connectivity index (χ4n) is 3.35. The maximum absolute atomic E-state index is 13.8. The molecular formula is C26H20FNO3S. The summed E-state index contributed by atoms with van der Waals surface area (Å²) in [4.78, 5) is 0.136. The number of para-hydroxylation sites is 1. The molecule has 4 aromatic carbocycles. The predicted molar refractivity (Wildman–Crippen MR) is 125 cm³/mol. The van der Waals surface area contributed by atoms with E-state index in [1.54, 1.807) is 68.6 Å². The molecule has 0 unspecified atom stereocenters. The lowest BCUT2D eigenvalue weighted by molar-refractivity contribution is 0.419. The molecule has 0 saturated carbocycles. The van der Waals surface area contributed by atoms with Crippen LogP contribution in [0.15, 0.2) is 83.8 Å². The number of hydrogen-bond acceptors (Lipinski definition) is 3. The van der Waals surface area contributed by atoms with Gasteiger partial charge in [-0.1, -0.05) is 54.3 Å². The highest BCUT2D eigenvalue weighted by molar-refractivity contribution is 7.93. The van der Waals surface area contributed by atoms with Crippen molar-refractivity contribution in [2.45, 2.75) is 11.8 Å². The number of benzene rings is 4. The number of fused-ring (bicyclic) bond motifs is 1. The molecule has 0 amide bonds. The summed E-state index contributed by atoms with van der Waals surface area (Å²) in [5.41, 5.74) is 1.87. The van der Waals surface area contributed by atoms with Crippen LogP contribution in [0.1, 0.15) is 16.7 Å². The van der Waals surface area contributed by atoms with Gasteiger partial charge in [0.2, 0.25) is 0 Å². The maximum atomic E-state index is 13.8. The van der Waals surface area contributed by atoms with Gasteiger partial charge in [-0.3, -0.25) is 4.72 Å². The number of anilines is 1. The molecule has 4 rings (SSSR count). The van der Waals surface area contributed by atoms with Gasteiger partial charge in [-0.15, -0.1) is 0 Å². The maximum Gasteiger partial charge on any atom is 0.262 e. The Kier molecular flexibility index (Phi) is 5.85. The van der Waals surface area contributed by atoms with Crippen molar-refractivity contribution in [3.63, 3.8) is 0 Å². The first-order valence-electron chi connectivity index (χ1n) is 9.85. The molecule has 0 aliphatic rings. The average Bonchev–Trinajstić information content (AvgIpc) is 2.79. The number of hydrogen-bond donors (Lipinski definition) is 1. The lowest BCUT2D eigenvalue weighted by Gasteiger charge is -2.13. The molecule has 0 atom stereocenters. The van der Waals surface area contributed by atoms with Crippen LogP contribution >= 0.6 is 0 Å². The molecule has 0 aliphatic heterocycles. The Morgan fingerprint density at radius 2 is 1.59 bits per heavy atom. The lowest BCUT2D eigenvalue weighted by Crippen LogP contribution is -2.14. The highest BCUT2D eigenvalue weighted by atomic mass is 32.2. The van der Waals surface area contributed by atoms with Crippen molar-refractivity contribution in [2.24, 2.45) is 0 Å². The SMILES string of the molecule is COc1ccc(S(=O)(=O)Nc2ccccc2C#Cc2ccc(C)c(F)c2)c2ccccc12. The molecule has 4 nitrogen and oxygen atoms in total. The highest BCUT2D eigenvalue weighted by Crippen LogP contribution is 2.32. The average molecular weight is 446 g/mol. The number of sulfonamides is 1. The second-order valence-corrected chi connectivity index (χ2v) is 8.83. The molecule has 0 aliphatic carbocycles. The smallest absolute Gasteiger partial charge is 0.262 e. The quantitative estimate of drug-likeness (QED) is 0.422. The van der Waals surface area contributed by atoms with E-state index in [1.807, 2.05) is 12.1 Å². The van der Waals surface area contributed by atoms with Crippen LogP contribution < -0.4 is 9.46 Å². The standard InChI is InChI=1S/C26H20FNO3S/c1-18-11-12-19(17-23(18)27)13-14-20-7-3-6-10-24(20)28-32(29,30)26-16-15-25(31-2)21-8-4-5-9-22(21)26/h3-12,15-17,28H,1-2H3. The van der Waals surface area contributed by atoms with Gasteiger partial charge in [0.1, 0.15) is 11.6 Å². The Morgan fingerprint density at radius 1 is 0.875 bits per heavy atom. The van der Waals surface area contributed by atoms with Gasteiger partial charge in [-0.2, -0.15) is 0 Å². The van der Waals surface area contributed by atoms with Gasteiger partial charge in [-0.25, -0.2) is 12.8 Å². The van der Waals surface area contributed by atoms with E-state index >= 15 is 0 Å². The first-order chi connectivity index (χ1) is 15.4. The first-order valence-corrected chi connectivity index (χ1v) is 11.3. The second kappa shape index (κ2) is 8.74. The summed E-state index contributed by atoms with van der Waals surface area (Å²) in [6.07, 6.45) is 0. The molecule has 160 valence electrons. The monoisotopic (exact) mass is 445 g/mol. The minimum Gasteiger partial charge on any atom is -0.496 e. The number of ether oxygens (including phenoxy) is 1. The number of aryl methyl sites for hydroxylation is 1. The normalized spacial score (nSPS) is 11.0. The predicted octanol–water partition coefficient (Wildman–Crippen LogP) is 5.50. The van der Waals surface area contributed by atoms with E-state index in [0.717, 1.165) is 0 Å². The van der Waals surface area contributed by atoms with Crippen molar-refractivity contribution in [2.75, 3.05) is 11.8 Å². The third-order valence-electron chi connectivity index (χ3n) is 5.04. The zero-order valence-electron chi connectivity index (χ0n) is 17.5. The number of methoxy groups -OCH3 is 1. The molecule has 4 aromatic rings. The van der Waals surface area contributed by atoms with Crippen LogP contribution in [0.3, 0.4) is 0 Å². The van der Waals surface area contributed by atoms with E-state index < -0.39 is 10.0 Å². The molecule has 0 fully saturated rings. The van der Waals surface area contributed by atoms with E-state index in [4.69, 9.17) is 4.74 Å². The third kappa shape index (κ3) is 4.29. The van der Waals surface area contributed by atoms with Crippen molar-refractivity contribution in [1.82, 2.24) is 0 Å².